The van der Waals surface area contributed by atoms with Crippen LogP contribution in [-0.4, -0.2) is 43.0 Å². The molecule has 0 amide bonds. The number of aliphatic hydroxyl groups excluding tert-OH is 1. The van der Waals surface area contributed by atoms with Crippen molar-refractivity contribution in [1.82, 2.24) is 0 Å². The molecule has 4 nitrogen and oxygen atoms in total. The van der Waals surface area contributed by atoms with Gasteiger partial charge < -0.3 is 9.84 Å². The second-order valence-corrected chi connectivity index (χ2v) is 8.02. The third-order valence-electron chi connectivity index (χ3n) is 4.26. The van der Waals surface area contributed by atoms with Gasteiger partial charge in [0.1, 0.15) is 5.25 Å². The van der Waals surface area contributed by atoms with Crippen LogP contribution in [0.2, 0.25) is 0 Å². The van der Waals surface area contributed by atoms with Gasteiger partial charge in [-0.2, -0.15) is 0 Å². The lowest BCUT2D eigenvalue weighted by molar-refractivity contribution is 0.0889. The van der Waals surface area contributed by atoms with E-state index in [-0.39, 0.29) is 24.7 Å². The van der Waals surface area contributed by atoms with Crippen LogP contribution in [0.4, 0.5) is 0 Å². The number of benzene rings is 1. The number of hydrogen-bond donors (Lipinski definition) is 1. The number of hydrogen-bond acceptors (Lipinski definition) is 4. The minimum absolute atomic E-state index is 0.0803. The highest BCUT2D eigenvalue weighted by Crippen LogP contribution is 2.47. The SMILES string of the molecule is O=S(=O)(c1ccccc1)[C@@H]1[C@@H](Cl)[C@@H]2O[C@H]1C[C@@H]2CCO. The Kier molecular flexibility index (Phi) is 3.79. The molecule has 1 aromatic rings. The largest absolute Gasteiger partial charge is 0.396 e. The molecule has 110 valence electrons. The van der Waals surface area contributed by atoms with E-state index >= 15 is 0 Å². The first-order valence-electron chi connectivity index (χ1n) is 6.75. The van der Waals surface area contributed by atoms with Crippen LogP contribution in [0.25, 0.3) is 0 Å². The van der Waals surface area contributed by atoms with E-state index < -0.39 is 20.5 Å². The van der Waals surface area contributed by atoms with Gasteiger partial charge in [0.2, 0.25) is 0 Å². The van der Waals surface area contributed by atoms with Gasteiger partial charge >= 0.3 is 0 Å². The summed E-state index contributed by atoms with van der Waals surface area (Å²) < 4.78 is 31.1. The highest BCUT2D eigenvalue weighted by molar-refractivity contribution is 7.92. The van der Waals surface area contributed by atoms with E-state index in [1.807, 2.05) is 0 Å². The number of rotatable bonds is 4. The average molecular weight is 317 g/mol. The van der Waals surface area contributed by atoms with E-state index in [0.29, 0.717) is 17.7 Å². The fraction of sp³-hybridized carbons (Fsp3) is 0.571. The van der Waals surface area contributed by atoms with Crippen molar-refractivity contribution in [3.8, 4) is 0 Å². The summed E-state index contributed by atoms with van der Waals surface area (Å²) in [5, 5.41) is 7.79. The lowest BCUT2D eigenvalue weighted by Crippen LogP contribution is -2.43. The quantitative estimate of drug-likeness (QED) is 0.857. The Balaban J connectivity index is 1.87. The Bertz CT molecular complexity index is 572. The molecule has 2 aliphatic heterocycles. The van der Waals surface area contributed by atoms with Crippen molar-refractivity contribution in [2.24, 2.45) is 5.92 Å². The molecule has 5 atom stereocenters. The molecule has 0 saturated carbocycles. The van der Waals surface area contributed by atoms with Gasteiger partial charge in [-0.15, -0.1) is 11.6 Å². The number of sulfone groups is 1. The number of halogens is 1. The topological polar surface area (TPSA) is 63.6 Å². The van der Waals surface area contributed by atoms with Crippen molar-refractivity contribution < 1.29 is 18.3 Å². The summed E-state index contributed by atoms with van der Waals surface area (Å²) in [5.74, 6) is 0.162. The van der Waals surface area contributed by atoms with E-state index in [1.165, 1.54) is 0 Å². The van der Waals surface area contributed by atoms with Gasteiger partial charge in [-0.3, -0.25) is 0 Å². The zero-order chi connectivity index (χ0) is 14.3. The normalized spacial score (nSPS) is 36.4. The van der Waals surface area contributed by atoms with Crippen molar-refractivity contribution in [2.45, 2.75) is 40.6 Å². The van der Waals surface area contributed by atoms with Gasteiger partial charge in [-0.25, -0.2) is 8.42 Å². The Morgan fingerprint density at radius 1 is 1.30 bits per heavy atom. The van der Waals surface area contributed by atoms with Gasteiger partial charge in [0, 0.05) is 6.61 Å². The Labute approximate surface area is 123 Å². The minimum Gasteiger partial charge on any atom is -0.396 e. The Morgan fingerprint density at radius 2 is 2.00 bits per heavy atom. The minimum atomic E-state index is -3.48. The maximum atomic E-state index is 12.7. The molecule has 2 saturated heterocycles. The van der Waals surface area contributed by atoms with Crippen molar-refractivity contribution in [2.75, 3.05) is 6.61 Å². The molecule has 1 aromatic carbocycles. The molecule has 2 heterocycles. The van der Waals surface area contributed by atoms with Crippen LogP contribution in [0, 0.1) is 5.92 Å². The van der Waals surface area contributed by atoms with Crippen LogP contribution < -0.4 is 0 Å². The fourth-order valence-electron chi connectivity index (χ4n) is 3.33. The summed E-state index contributed by atoms with van der Waals surface area (Å²) in [6.07, 6.45) is 0.648. The fourth-order valence-corrected chi connectivity index (χ4v) is 6.08. The van der Waals surface area contributed by atoms with E-state index in [0.717, 1.165) is 0 Å². The van der Waals surface area contributed by atoms with Gasteiger partial charge in [0.15, 0.2) is 9.84 Å². The number of fused-ring (bicyclic) bond motifs is 2. The van der Waals surface area contributed by atoms with E-state index in [1.54, 1.807) is 30.3 Å². The van der Waals surface area contributed by atoms with Gasteiger partial charge in [0.25, 0.3) is 0 Å². The van der Waals surface area contributed by atoms with Crippen LogP contribution in [0.15, 0.2) is 35.2 Å². The Morgan fingerprint density at radius 3 is 2.60 bits per heavy atom. The zero-order valence-corrected chi connectivity index (χ0v) is 12.4. The lowest BCUT2D eigenvalue weighted by atomic mass is 9.86. The summed E-state index contributed by atoms with van der Waals surface area (Å²) >= 11 is 6.35. The molecular formula is C14H17ClO4S. The number of ether oxygens (including phenoxy) is 1. The maximum Gasteiger partial charge on any atom is 0.185 e. The smallest absolute Gasteiger partial charge is 0.185 e. The van der Waals surface area contributed by atoms with Gasteiger partial charge in [-0.1, -0.05) is 18.2 Å². The summed E-state index contributed by atoms with van der Waals surface area (Å²) in [6.45, 7) is 0.0803. The Hall–Kier alpha value is -0.620. The van der Waals surface area contributed by atoms with Crippen LogP contribution in [0.3, 0.4) is 0 Å². The van der Waals surface area contributed by atoms with Crippen molar-refractivity contribution >= 4 is 21.4 Å². The molecule has 0 spiro atoms. The third kappa shape index (κ3) is 2.17. The molecule has 0 radical (unpaired) electrons. The molecule has 20 heavy (non-hydrogen) atoms. The van der Waals surface area contributed by atoms with Crippen molar-refractivity contribution in [1.29, 1.82) is 0 Å². The van der Waals surface area contributed by atoms with Crippen LogP contribution in [0.5, 0.6) is 0 Å². The standard InChI is InChI=1S/C14H17ClO4S/c15-12-13-9(6-7-16)8-11(19-13)14(12)20(17,18)10-4-2-1-3-5-10/h1-5,9,11-14,16H,6-8H2/t9-,11-,12-,13+,14-/m0/s1. The molecular weight excluding hydrogens is 300 g/mol. The first-order chi connectivity index (χ1) is 9.55. The molecule has 2 bridgehead atoms. The average Bonchev–Trinajstić information content (AvgIpc) is 2.97. The van der Waals surface area contributed by atoms with Gasteiger partial charge in [-0.05, 0) is 30.9 Å². The predicted molar refractivity (Wildman–Crippen MR) is 75.5 cm³/mol. The number of aliphatic hydroxyl groups is 1. The molecule has 0 aliphatic carbocycles. The van der Waals surface area contributed by atoms with Crippen molar-refractivity contribution in [3.05, 3.63) is 30.3 Å². The highest BCUT2D eigenvalue weighted by atomic mass is 35.5. The van der Waals surface area contributed by atoms with Crippen LogP contribution in [0.1, 0.15) is 12.8 Å². The molecule has 0 unspecified atom stereocenters. The maximum absolute atomic E-state index is 12.7. The predicted octanol–water partition coefficient (Wildman–Crippen LogP) is 1.61. The van der Waals surface area contributed by atoms with Crippen LogP contribution >= 0.6 is 11.6 Å². The van der Waals surface area contributed by atoms with E-state index in [4.69, 9.17) is 21.4 Å². The molecule has 0 aromatic heterocycles. The molecule has 3 rings (SSSR count). The third-order valence-corrected chi connectivity index (χ3v) is 7.17. The lowest BCUT2D eigenvalue weighted by Gasteiger charge is -2.28. The summed E-state index contributed by atoms with van der Waals surface area (Å²) in [5.41, 5.74) is 0. The molecule has 2 aliphatic rings. The molecule has 1 N–H and O–H groups in total. The summed E-state index contributed by atoms with van der Waals surface area (Å²) in [4.78, 5) is 0.297. The monoisotopic (exact) mass is 316 g/mol. The first kappa shape index (κ1) is 14.3. The summed E-state index contributed by atoms with van der Waals surface area (Å²) in [7, 11) is -3.48. The highest BCUT2D eigenvalue weighted by Gasteiger charge is 2.58. The zero-order valence-electron chi connectivity index (χ0n) is 10.9. The first-order valence-corrected chi connectivity index (χ1v) is 8.73. The molecule has 2 fully saturated rings. The van der Waals surface area contributed by atoms with E-state index in [9.17, 15) is 8.42 Å². The summed E-state index contributed by atoms with van der Waals surface area (Å²) in [6, 6.07) is 8.38. The van der Waals surface area contributed by atoms with Gasteiger partial charge in [0.05, 0.1) is 22.5 Å². The van der Waals surface area contributed by atoms with Crippen molar-refractivity contribution in [3.63, 3.8) is 0 Å². The van der Waals surface area contributed by atoms with Crippen LogP contribution in [-0.2, 0) is 14.6 Å². The number of alkyl halides is 1. The second kappa shape index (κ2) is 5.30. The second-order valence-electron chi connectivity index (χ2n) is 5.41. The van der Waals surface area contributed by atoms with E-state index in [2.05, 4.69) is 0 Å². The molecule has 6 heteroatoms.